The summed E-state index contributed by atoms with van der Waals surface area (Å²) in [6.45, 7) is 5.97. The molecule has 16 heavy (non-hydrogen) atoms. The molecular weight excluding hydrogens is 202 g/mol. The molecule has 1 amide bonds. The quantitative estimate of drug-likeness (QED) is 0.848. The second kappa shape index (κ2) is 5.54. The first kappa shape index (κ1) is 12.6. The number of amides is 1. The molecule has 0 saturated carbocycles. The van der Waals surface area contributed by atoms with E-state index in [-0.39, 0.29) is 5.91 Å². The Bertz CT molecular complexity index is 386. The van der Waals surface area contributed by atoms with E-state index in [0.717, 1.165) is 29.0 Å². The summed E-state index contributed by atoms with van der Waals surface area (Å²) in [4.78, 5) is 11.5. The van der Waals surface area contributed by atoms with Crippen LogP contribution in [-0.2, 0) is 4.79 Å². The molecule has 0 fully saturated rings. The average molecular weight is 221 g/mol. The molecule has 0 radical (unpaired) electrons. The molecule has 0 aromatic heterocycles. The summed E-state index contributed by atoms with van der Waals surface area (Å²) in [6.07, 6.45) is 1.42. The Morgan fingerprint density at radius 1 is 1.31 bits per heavy atom. The fourth-order valence-corrected chi connectivity index (χ4v) is 1.59. The number of anilines is 1. The van der Waals surface area contributed by atoms with Crippen molar-refractivity contribution in [2.24, 2.45) is 0 Å². The molecule has 0 aliphatic rings. The van der Waals surface area contributed by atoms with Gasteiger partial charge in [0.05, 0.1) is 7.11 Å². The molecule has 0 atom stereocenters. The van der Waals surface area contributed by atoms with Crippen molar-refractivity contribution in [3.63, 3.8) is 0 Å². The first-order chi connectivity index (χ1) is 7.60. The molecule has 0 saturated heterocycles. The predicted octanol–water partition coefficient (Wildman–Crippen LogP) is 3.05. The van der Waals surface area contributed by atoms with Crippen molar-refractivity contribution < 1.29 is 9.53 Å². The topological polar surface area (TPSA) is 38.3 Å². The second-order valence-electron chi connectivity index (χ2n) is 3.86. The van der Waals surface area contributed by atoms with Gasteiger partial charge >= 0.3 is 0 Å². The van der Waals surface area contributed by atoms with E-state index < -0.39 is 0 Å². The normalized spacial score (nSPS) is 10.0. The molecule has 1 rings (SSSR count). The van der Waals surface area contributed by atoms with Crippen LogP contribution in [0, 0.1) is 13.8 Å². The van der Waals surface area contributed by atoms with Gasteiger partial charge in [-0.1, -0.05) is 6.92 Å². The second-order valence-corrected chi connectivity index (χ2v) is 3.86. The number of hydrogen-bond acceptors (Lipinski definition) is 2. The number of hydrogen-bond donors (Lipinski definition) is 1. The highest BCUT2D eigenvalue weighted by atomic mass is 16.5. The summed E-state index contributed by atoms with van der Waals surface area (Å²) >= 11 is 0. The van der Waals surface area contributed by atoms with Gasteiger partial charge in [-0.2, -0.15) is 0 Å². The van der Waals surface area contributed by atoms with Crippen LogP contribution in [0.25, 0.3) is 0 Å². The lowest BCUT2D eigenvalue weighted by molar-refractivity contribution is -0.116. The van der Waals surface area contributed by atoms with Crippen molar-refractivity contribution in [2.75, 3.05) is 12.4 Å². The van der Waals surface area contributed by atoms with E-state index in [9.17, 15) is 4.79 Å². The van der Waals surface area contributed by atoms with Gasteiger partial charge in [0.15, 0.2) is 0 Å². The van der Waals surface area contributed by atoms with E-state index in [1.807, 2.05) is 32.9 Å². The lowest BCUT2D eigenvalue weighted by atomic mass is 10.1. The highest BCUT2D eigenvalue weighted by molar-refractivity contribution is 5.91. The molecule has 0 bridgehead atoms. The third-order valence-corrected chi connectivity index (χ3v) is 2.71. The largest absolute Gasteiger partial charge is 0.496 e. The van der Waals surface area contributed by atoms with Gasteiger partial charge in [-0.3, -0.25) is 4.79 Å². The van der Waals surface area contributed by atoms with Crippen LogP contribution in [0.3, 0.4) is 0 Å². The highest BCUT2D eigenvalue weighted by Crippen LogP contribution is 2.27. The van der Waals surface area contributed by atoms with Gasteiger partial charge in [0.1, 0.15) is 5.75 Å². The lowest BCUT2D eigenvalue weighted by Gasteiger charge is -2.13. The molecule has 1 aromatic carbocycles. The molecule has 1 N–H and O–H groups in total. The van der Waals surface area contributed by atoms with Crippen molar-refractivity contribution in [3.05, 3.63) is 23.3 Å². The van der Waals surface area contributed by atoms with Crippen LogP contribution in [0.4, 0.5) is 5.69 Å². The van der Waals surface area contributed by atoms with Crippen LogP contribution in [0.2, 0.25) is 0 Å². The summed E-state index contributed by atoms with van der Waals surface area (Å²) in [6, 6.07) is 3.76. The molecule has 0 unspecified atom stereocenters. The zero-order valence-electron chi connectivity index (χ0n) is 10.4. The van der Waals surface area contributed by atoms with Gasteiger partial charge in [0.25, 0.3) is 0 Å². The summed E-state index contributed by atoms with van der Waals surface area (Å²) in [7, 11) is 1.65. The fourth-order valence-electron chi connectivity index (χ4n) is 1.59. The van der Waals surface area contributed by atoms with E-state index >= 15 is 0 Å². The minimum Gasteiger partial charge on any atom is -0.496 e. The van der Waals surface area contributed by atoms with Crippen molar-refractivity contribution in [1.29, 1.82) is 0 Å². The van der Waals surface area contributed by atoms with Crippen LogP contribution < -0.4 is 10.1 Å². The molecule has 3 heteroatoms. The van der Waals surface area contributed by atoms with Gasteiger partial charge < -0.3 is 10.1 Å². The standard InChI is InChI=1S/C13H19NO2/c1-5-6-13(15)14-11-7-8-12(16-4)10(3)9(11)2/h7-8H,5-6H2,1-4H3,(H,14,15). The van der Waals surface area contributed by atoms with Gasteiger partial charge in [-0.05, 0) is 43.5 Å². The maximum atomic E-state index is 11.5. The Balaban J connectivity index is 2.90. The van der Waals surface area contributed by atoms with Crippen LogP contribution in [-0.4, -0.2) is 13.0 Å². The SMILES string of the molecule is CCCC(=O)Nc1ccc(OC)c(C)c1C. The Morgan fingerprint density at radius 3 is 2.56 bits per heavy atom. The van der Waals surface area contributed by atoms with Crippen LogP contribution in [0.5, 0.6) is 5.75 Å². The van der Waals surface area contributed by atoms with Crippen molar-refractivity contribution in [2.45, 2.75) is 33.6 Å². The van der Waals surface area contributed by atoms with Crippen molar-refractivity contribution in [1.82, 2.24) is 0 Å². The monoisotopic (exact) mass is 221 g/mol. The smallest absolute Gasteiger partial charge is 0.224 e. The number of carbonyl (C=O) groups excluding carboxylic acids is 1. The van der Waals surface area contributed by atoms with Crippen LogP contribution in [0.1, 0.15) is 30.9 Å². The van der Waals surface area contributed by atoms with Gasteiger partial charge in [0, 0.05) is 12.1 Å². The Labute approximate surface area is 96.8 Å². The Kier molecular flexibility index (Phi) is 4.35. The minimum absolute atomic E-state index is 0.0650. The first-order valence-electron chi connectivity index (χ1n) is 5.54. The number of carbonyl (C=O) groups is 1. The molecule has 0 aliphatic carbocycles. The zero-order chi connectivity index (χ0) is 12.1. The third kappa shape index (κ3) is 2.75. The van der Waals surface area contributed by atoms with Crippen molar-refractivity contribution >= 4 is 11.6 Å². The summed E-state index contributed by atoms with van der Waals surface area (Å²) in [5.41, 5.74) is 3.00. The third-order valence-electron chi connectivity index (χ3n) is 2.71. The maximum absolute atomic E-state index is 11.5. The molecule has 88 valence electrons. The highest BCUT2D eigenvalue weighted by Gasteiger charge is 2.08. The molecule has 0 aliphatic heterocycles. The van der Waals surface area contributed by atoms with Gasteiger partial charge in [-0.25, -0.2) is 0 Å². The number of ether oxygens (including phenoxy) is 1. The number of nitrogens with one attached hydrogen (secondary N) is 1. The summed E-state index contributed by atoms with van der Waals surface area (Å²) in [5, 5.41) is 2.91. The van der Waals surface area contributed by atoms with Crippen LogP contribution in [0.15, 0.2) is 12.1 Å². The van der Waals surface area contributed by atoms with Gasteiger partial charge in [0.2, 0.25) is 5.91 Å². The van der Waals surface area contributed by atoms with Crippen molar-refractivity contribution in [3.8, 4) is 5.75 Å². The van der Waals surface area contributed by atoms with E-state index in [1.165, 1.54) is 0 Å². The molecule has 0 spiro atoms. The molecule has 3 nitrogen and oxygen atoms in total. The Hall–Kier alpha value is -1.51. The van der Waals surface area contributed by atoms with E-state index in [0.29, 0.717) is 6.42 Å². The zero-order valence-corrected chi connectivity index (χ0v) is 10.4. The number of methoxy groups -OCH3 is 1. The molecular formula is C13H19NO2. The van der Waals surface area contributed by atoms with Crippen LogP contribution >= 0.6 is 0 Å². The van der Waals surface area contributed by atoms with E-state index in [2.05, 4.69) is 5.32 Å². The van der Waals surface area contributed by atoms with Gasteiger partial charge in [-0.15, -0.1) is 0 Å². The van der Waals surface area contributed by atoms with E-state index in [4.69, 9.17) is 4.74 Å². The number of benzene rings is 1. The first-order valence-corrected chi connectivity index (χ1v) is 5.54. The maximum Gasteiger partial charge on any atom is 0.224 e. The lowest BCUT2D eigenvalue weighted by Crippen LogP contribution is -2.12. The van der Waals surface area contributed by atoms with E-state index in [1.54, 1.807) is 7.11 Å². The average Bonchev–Trinajstić information content (AvgIpc) is 2.25. The molecule has 0 heterocycles. The Morgan fingerprint density at radius 2 is 2.00 bits per heavy atom. The fraction of sp³-hybridized carbons (Fsp3) is 0.462. The molecule has 1 aromatic rings. The number of rotatable bonds is 4. The minimum atomic E-state index is 0.0650. The predicted molar refractivity (Wildman–Crippen MR) is 66.0 cm³/mol. The summed E-state index contributed by atoms with van der Waals surface area (Å²) in [5.74, 6) is 0.918. The summed E-state index contributed by atoms with van der Waals surface area (Å²) < 4.78 is 5.22.